The number of ether oxygens (including phenoxy) is 4. The smallest absolute Gasteiger partial charge is 0.300 e. The van der Waals surface area contributed by atoms with E-state index in [-0.39, 0.29) is 17.4 Å². The van der Waals surface area contributed by atoms with Crippen LogP contribution >= 0.6 is 0 Å². The summed E-state index contributed by atoms with van der Waals surface area (Å²) in [7, 11) is 0. The van der Waals surface area contributed by atoms with E-state index >= 15 is 0 Å². The number of hydrogen-bond donors (Lipinski definition) is 1. The third kappa shape index (κ3) is 10.4. The third-order valence-corrected chi connectivity index (χ3v) is 7.57. The van der Waals surface area contributed by atoms with Crippen LogP contribution in [0, 0.1) is 11.6 Å². The number of rotatable bonds is 4. The number of fused-ring (bicyclic) bond motifs is 2. The van der Waals surface area contributed by atoms with Gasteiger partial charge in [-0.15, -0.1) is 0 Å². The van der Waals surface area contributed by atoms with Crippen LogP contribution in [0.25, 0.3) is 44.6 Å². The summed E-state index contributed by atoms with van der Waals surface area (Å²) >= 11 is 0. The summed E-state index contributed by atoms with van der Waals surface area (Å²) in [6.07, 6.45) is 0.785. The number of halogens is 2. The van der Waals surface area contributed by atoms with Gasteiger partial charge in [-0.05, 0) is 75.2 Å². The van der Waals surface area contributed by atoms with Gasteiger partial charge in [0.05, 0.1) is 37.6 Å². The second-order valence-corrected chi connectivity index (χ2v) is 12.1. The van der Waals surface area contributed by atoms with Crippen LogP contribution in [0.1, 0.15) is 57.3 Å². The Morgan fingerprint density at radius 1 is 0.577 bits per heavy atom. The van der Waals surface area contributed by atoms with Crippen LogP contribution in [0.3, 0.4) is 0 Å². The number of carboxylic acids is 1. The van der Waals surface area contributed by atoms with Gasteiger partial charge in [-0.2, -0.15) is 0 Å². The maximum absolute atomic E-state index is 14.4. The molecule has 6 aromatic rings. The van der Waals surface area contributed by atoms with Gasteiger partial charge in [0.15, 0.2) is 12.6 Å². The van der Waals surface area contributed by atoms with Crippen molar-refractivity contribution < 1.29 is 51.3 Å². The molecule has 2 fully saturated rings. The van der Waals surface area contributed by atoms with Gasteiger partial charge >= 0.3 is 0 Å². The van der Waals surface area contributed by atoms with Crippen molar-refractivity contribution in [3.05, 3.63) is 120 Å². The van der Waals surface area contributed by atoms with Crippen LogP contribution in [0.5, 0.6) is 0 Å². The Kier molecular flexibility index (Phi) is 13.4. The SMILES string of the molecule is CC(=O)O.CC(C)=O.Fc1cc(C2OCCCO2)ccc1-c1cc2ccccc2o1.Fc1cc(C2OCCCO2)ccc1-c1cc2ccccc2o1. The molecule has 0 bridgehead atoms. The molecule has 0 atom stereocenters. The van der Waals surface area contributed by atoms with Crippen molar-refractivity contribution in [2.75, 3.05) is 26.4 Å². The van der Waals surface area contributed by atoms with Crippen molar-refractivity contribution in [2.45, 2.75) is 46.2 Å². The lowest BCUT2D eigenvalue weighted by Crippen LogP contribution is -2.17. The van der Waals surface area contributed by atoms with E-state index in [1.807, 2.05) is 72.8 Å². The van der Waals surface area contributed by atoms with E-state index < -0.39 is 18.5 Å². The number of furan rings is 2. The molecule has 0 amide bonds. The van der Waals surface area contributed by atoms with Crippen LogP contribution in [0.4, 0.5) is 8.78 Å². The van der Waals surface area contributed by atoms with Crippen LogP contribution in [-0.4, -0.2) is 43.3 Å². The Morgan fingerprint density at radius 2 is 0.923 bits per heavy atom. The van der Waals surface area contributed by atoms with Gasteiger partial charge in [0.25, 0.3) is 5.97 Å². The molecule has 52 heavy (non-hydrogen) atoms. The highest BCUT2D eigenvalue weighted by molar-refractivity contribution is 5.83. The van der Waals surface area contributed by atoms with Crippen molar-refractivity contribution in [2.24, 2.45) is 0 Å². The van der Waals surface area contributed by atoms with Crippen molar-refractivity contribution in [3.63, 3.8) is 0 Å². The first kappa shape index (κ1) is 38.0. The maximum Gasteiger partial charge on any atom is 0.300 e. The molecule has 11 heteroatoms. The molecular weight excluding hydrogens is 674 g/mol. The molecule has 9 nitrogen and oxygen atoms in total. The fraction of sp³-hybridized carbons (Fsp3) is 0.268. The van der Waals surface area contributed by atoms with Gasteiger partial charge in [-0.25, -0.2) is 8.78 Å². The maximum atomic E-state index is 14.4. The van der Waals surface area contributed by atoms with Gasteiger partial charge in [0.2, 0.25) is 0 Å². The van der Waals surface area contributed by atoms with Crippen molar-refractivity contribution in [1.29, 1.82) is 0 Å². The first-order valence-corrected chi connectivity index (χ1v) is 16.8. The zero-order chi connectivity index (χ0) is 37.0. The molecule has 2 saturated heterocycles. The van der Waals surface area contributed by atoms with Crippen molar-refractivity contribution in [1.82, 2.24) is 0 Å². The van der Waals surface area contributed by atoms with E-state index in [0.717, 1.165) is 41.7 Å². The molecule has 0 radical (unpaired) electrons. The lowest BCUT2D eigenvalue weighted by Gasteiger charge is -2.23. The minimum Gasteiger partial charge on any atom is -0.481 e. The average molecular weight is 715 g/mol. The minimum atomic E-state index is -0.833. The Bertz CT molecular complexity index is 1870. The Balaban J connectivity index is 0.000000167. The first-order chi connectivity index (χ1) is 25.1. The molecule has 0 spiro atoms. The lowest BCUT2D eigenvalue weighted by atomic mass is 10.1. The van der Waals surface area contributed by atoms with Gasteiger partial charge in [0.1, 0.15) is 40.1 Å². The number of Topliss-reactive ketones (excluding diaryl/α,β-unsaturated/α-hetero) is 1. The Hall–Kier alpha value is -5.20. The van der Waals surface area contributed by atoms with E-state index in [1.54, 1.807) is 12.1 Å². The summed E-state index contributed by atoms with van der Waals surface area (Å²) in [4.78, 5) is 18.4. The second kappa shape index (κ2) is 18.3. The average Bonchev–Trinajstić information content (AvgIpc) is 3.77. The number of benzene rings is 4. The number of ketones is 1. The summed E-state index contributed by atoms with van der Waals surface area (Å²) in [6, 6.07) is 29.0. The second-order valence-electron chi connectivity index (χ2n) is 12.1. The van der Waals surface area contributed by atoms with Crippen LogP contribution < -0.4 is 0 Å². The predicted molar refractivity (Wildman–Crippen MR) is 191 cm³/mol. The fourth-order valence-corrected chi connectivity index (χ4v) is 5.35. The quantitative estimate of drug-likeness (QED) is 0.190. The number of aliphatic carboxylic acids is 1. The number of carbonyl (C=O) groups is 2. The van der Waals surface area contributed by atoms with Crippen LogP contribution in [-0.2, 0) is 28.5 Å². The van der Waals surface area contributed by atoms with E-state index in [0.29, 0.717) is 60.2 Å². The topological polar surface area (TPSA) is 118 Å². The normalized spacial score (nSPS) is 14.7. The number of hydrogen-bond acceptors (Lipinski definition) is 8. The molecule has 272 valence electrons. The van der Waals surface area contributed by atoms with Gasteiger partial charge < -0.3 is 37.7 Å². The Labute approximate surface area is 299 Å². The monoisotopic (exact) mass is 714 g/mol. The fourth-order valence-electron chi connectivity index (χ4n) is 5.35. The molecule has 2 aliphatic heterocycles. The molecule has 0 saturated carbocycles. The largest absolute Gasteiger partial charge is 0.481 e. The molecule has 0 aliphatic carbocycles. The zero-order valence-electron chi connectivity index (χ0n) is 29.1. The van der Waals surface area contributed by atoms with E-state index in [4.69, 9.17) is 37.7 Å². The van der Waals surface area contributed by atoms with Crippen molar-refractivity contribution >= 4 is 33.7 Å². The minimum absolute atomic E-state index is 0.167. The molecule has 2 aromatic heterocycles. The number of carboxylic acid groups (broad SMARTS) is 1. The summed E-state index contributed by atoms with van der Waals surface area (Å²) < 4.78 is 62.3. The predicted octanol–water partition coefficient (Wildman–Crippen LogP) is 10.0. The standard InChI is InChI=1S/2C18H15FO3.C3H6O.C2H4O2/c2*19-15-10-13(18-20-8-3-9-21-18)6-7-14(15)17-11-12-4-1-2-5-16(12)22-17;1-3(2)4;1-2(3)4/h2*1-2,4-7,10-11,18H,3,8-9H2;1-2H3;1H3,(H,3,4). The molecule has 2 aliphatic rings. The summed E-state index contributed by atoms with van der Waals surface area (Å²) in [5.74, 6) is -0.296. The van der Waals surface area contributed by atoms with E-state index in [9.17, 15) is 13.6 Å². The highest BCUT2D eigenvalue weighted by atomic mass is 19.1. The van der Waals surface area contributed by atoms with E-state index in [2.05, 4.69) is 0 Å². The van der Waals surface area contributed by atoms with Crippen LogP contribution in [0.2, 0.25) is 0 Å². The number of carbonyl (C=O) groups excluding carboxylic acids is 1. The zero-order valence-corrected chi connectivity index (χ0v) is 29.1. The van der Waals surface area contributed by atoms with Crippen LogP contribution in [0.15, 0.2) is 106 Å². The van der Waals surface area contributed by atoms with Gasteiger partial charge in [0, 0.05) is 28.8 Å². The molecular formula is C41H40F2O9. The van der Waals surface area contributed by atoms with Gasteiger partial charge in [-0.3, -0.25) is 4.79 Å². The Morgan fingerprint density at radius 3 is 1.25 bits per heavy atom. The summed E-state index contributed by atoms with van der Waals surface area (Å²) in [6.45, 7) is 6.68. The first-order valence-electron chi connectivity index (χ1n) is 16.8. The third-order valence-electron chi connectivity index (χ3n) is 7.57. The number of para-hydroxylation sites is 2. The van der Waals surface area contributed by atoms with Crippen molar-refractivity contribution in [3.8, 4) is 22.6 Å². The molecule has 8 rings (SSSR count). The molecule has 0 unspecified atom stereocenters. The van der Waals surface area contributed by atoms with Gasteiger partial charge in [-0.1, -0.05) is 48.5 Å². The highest BCUT2D eigenvalue weighted by Gasteiger charge is 2.21. The lowest BCUT2D eigenvalue weighted by molar-refractivity contribution is -0.183. The molecule has 4 aromatic carbocycles. The molecule has 1 N–H and O–H groups in total. The molecule has 4 heterocycles. The van der Waals surface area contributed by atoms with E-state index in [1.165, 1.54) is 26.0 Å². The highest BCUT2D eigenvalue weighted by Crippen LogP contribution is 2.34. The summed E-state index contributed by atoms with van der Waals surface area (Å²) in [5, 5.41) is 9.33. The summed E-state index contributed by atoms with van der Waals surface area (Å²) in [5.41, 5.74) is 3.76.